The van der Waals surface area contributed by atoms with E-state index in [0.29, 0.717) is 49.5 Å². The standard InChI is InChI=1S/C30H38N3O6PS.ClH/c1-41-22-20-28(40(36,38-25-15-7-3-8-16-25)39-26-17-9-4-10-18-26)33-29(34)27(19-11-12-21-31)32-30(35)37-23-24-13-5-2-6-14-24;/h2-10,13-18,27-28H,11-12,19-23,31H2,1H3,(H,32,35)(H,33,34);1H/t27-,28?;/m0./s1. The largest absolute Gasteiger partial charge is 0.452 e. The summed E-state index contributed by atoms with van der Waals surface area (Å²) in [5, 5.41) is 5.54. The lowest BCUT2D eigenvalue weighted by Crippen LogP contribution is -2.50. The zero-order chi connectivity index (χ0) is 29.3. The molecule has 0 fully saturated rings. The molecule has 3 rings (SSSR count). The number of carbonyl (C=O) groups excluding carboxylic acids is 2. The Kier molecular flexibility index (Phi) is 15.9. The fraction of sp³-hybridized carbons (Fsp3) is 0.333. The summed E-state index contributed by atoms with van der Waals surface area (Å²) in [5.74, 6) is -0.245. The molecule has 2 amide bonds. The van der Waals surface area contributed by atoms with Crippen LogP contribution in [0.15, 0.2) is 91.0 Å². The van der Waals surface area contributed by atoms with Crippen LogP contribution in [0, 0.1) is 0 Å². The van der Waals surface area contributed by atoms with Gasteiger partial charge in [0, 0.05) is 0 Å². The van der Waals surface area contributed by atoms with Crippen LogP contribution in [0.5, 0.6) is 11.5 Å². The van der Waals surface area contributed by atoms with Gasteiger partial charge in [0.1, 0.15) is 24.1 Å². The third-order valence-electron chi connectivity index (χ3n) is 6.01. The summed E-state index contributed by atoms with van der Waals surface area (Å²) in [7, 11) is -4.02. The first-order valence-electron chi connectivity index (χ1n) is 13.5. The molecule has 42 heavy (non-hydrogen) atoms. The number of amides is 2. The molecule has 0 radical (unpaired) electrons. The topological polar surface area (TPSA) is 129 Å². The Hall–Kier alpha value is -3.17. The fourth-order valence-corrected chi connectivity index (χ4v) is 6.37. The highest BCUT2D eigenvalue weighted by molar-refractivity contribution is 7.98. The average molecular weight is 636 g/mol. The Labute approximate surface area is 258 Å². The van der Waals surface area contributed by atoms with Crippen molar-refractivity contribution in [2.45, 2.75) is 44.1 Å². The van der Waals surface area contributed by atoms with Gasteiger partial charge in [0.2, 0.25) is 5.91 Å². The smallest absolute Gasteiger partial charge is 0.445 e. The molecule has 9 nitrogen and oxygen atoms in total. The maximum absolute atomic E-state index is 14.5. The van der Waals surface area contributed by atoms with Gasteiger partial charge in [-0.3, -0.25) is 4.79 Å². The van der Waals surface area contributed by atoms with Crippen molar-refractivity contribution in [1.82, 2.24) is 10.6 Å². The Balaban J connectivity index is 0.00000616. The maximum Gasteiger partial charge on any atom is 0.452 e. The van der Waals surface area contributed by atoms with Gasteiger partial charge in [0.25, 0.3) is 0 Å². The lowest BCUT2D eigenvalue weighted by atomic mass is 10.1. The molecule has 0 heterocycles. The average Bonchev–Trinajstić information content (AvgIpc) is 2.99. The number of benzene rings is 3. The van der Waals surface area contributed by atoms with Crippen LogP contribution in [-0.4, -0.2) is 42.4 Å². The predicted molar refractivity (Wildman–Crippen MR) is 170 cm³/mol. The molecule has 0 bridgehead atoms. The molecule has 228 valence electrons. The van der Waals surface area contributed by atoms with E-state index in [4.69, 9.17) is 19.5 Å². The highest BCUT2D eigenvalue weighted by atomic mass is 35.5. The lowest BCUT2D eigenvalue weighted by molar-refractivity contribution is -0.123. The Morgan fingerprint density at radius 3 is 1.90 bits per heavy atom. The molecular formula is C30H39ClN3O6PS. The van der Waals surface area contributed by atoms with Gasteiger partial charge in [-0.1, -0.05) is 66.7 Å². The van der Waals surface area contributed by atoms with Crippen LogP contribution in [0.1, 0.15) is 31.2 Å². The summed E-state index contributed by atoms with van der Waals surface area (Å²) in [6.07, 6.45) is 3.08. The van der Waals surface area contributed by atoms with Crippen molar-refractivity contribution in [3.05, 3.63) is 96.6 Å². The van der Waals surface area contributed by atoms with Gasteiger partial charge >= 0.3 is 13.7 Å². The summed E-state index contributed by atoms with van der Waals surface area (Å²) < 4.78 is 31.8. The summed E-state index contributed by atoms with van der Waals surface area (Å²) in [6.45, 7) is 0.513. The van der Waals surface area contributed by atoms with E-state index in [9.17, 15) is 14.2 Å². The van der Waals surface area contributed by atoms with Crippen molar-refractivity contribution in [1.29, 1.82) is 0 Å². The van der Waals surface area contributed by atoms with Crippen LogP contribution in [0.2, 0.25) is 0 Å². The van der Waals surface area contributed by atoms with Crippen molar-refractivity contribution < 1.29 is 27.9 Å². The molecule has 0 saturated carbocycles. The highest BCUT2D eigenvalue weighted by Gasteiger charge is 2.41. The van der Waals surface area contributed by atoms with E-state index in [0.717, 1.165) is 5.56 Å². The number of ether oxygens (including phenoxy) is 1. The first-order chi connectivity index (χ1) is 19.9. The molecule has 0 spiro atoms. The second-order valence-electron chi connectivity index (χ2n) is 9.20. The van der Waals surface area contributed by atoms with E-state index in [1.165, 1.54) is 11.8 Å². The molecule has 0 aliphatic heterocycles. The second kappa shape index (κ2) is 19.1. The number of nitrogens with one attached hydrogen (secondary N) is 2. The van der Waals surface area contributed by atoms with Gasteiger partial charge in [0.05, 0.1) is 0 Å². The molecule has 0 saturated heterocycles. The number of nitrogens with two attached hydrogens (primary N) is 1. The van der Waals surface area contributed by atoms with Crippen LogP contribution in [0.3, 0.4) is 0 Å². The van der Waals surface area contributed by atoms with Gasteiger partial charge in [-0.15, -0.1) is 12.4 Å². The Morgan fingerprint density at radius 1 is 0.833 bits per heavy atom. The molecule has 1 unspecified atom stereocenters. The lowest BCUT2D eigenvalue weighted by Gasteiger charge is -2.29. The molecule has 2 atom stereocenters. The van der Waals surface area contributed by atoms with Gasteiger partial charge in [-0.05, 0) is 74.1 Å². The Morgan fingerprint density at radius 2 is 1.38 bits per heavy atom. The van der Waals surface area contributed by atoms with Gasteiger partial charge in [0.15, 0.2) is 5.78 Å². The van der Waals surface area contributed by atoms with Crippen LogP contribution >= 0.6 is 31.8 Å². The number of alkyl carbamates (subject to hydrolysis) is 1. The number of rotatable bonds is 17. The minimum atomic E-state index is -4.02. The van der Waals surface area contributed by atoms with Crippen molar-refractivity contribution in [2.24, 2.45) is 5.73 Å². The normalized spacial score (nSPS) is 12.2. The SMILES string of the molecule is CSCCC(NC(=O)[C@H](CCCCN)NC(=O)OCc1ccccc1)P(=O)(Oc1ccccc1)Oc1ccccc1.Cl. The third-order valence-corrected chi connectivity index (χ3v) is 8.73. The molecule has 0 aliphatic carbocycles. The number of carbonyl (C=O) groups is 2. The maximum atomic E-state index is 14.5. The number of thioether (sulfide) groups is 1. The molecule has 3 aromatic carbocycles. The molecular weight excluding hydrogens is 597 g/mol. The number of para-hydroxylation sites is 2. The van der Waals surface area contributed by atoms with Crippen LogP contribution in [0.25, 0.3) is 0 Å². The van der Waals surface area contributed by atoms with E-state index in [2.05, 4.69) is 10.6 Å². The van der Waals surface area contributed by atoms with E-state index in [-0.39, 0.29) is 19.0 Å². The Bertz CT molecular complexity index is 1200. The zero-order valence-corrected chi connectivity index (χ0v) is 26.1. The summed E-state index contributed by atoms with van der Waals surface area (Å²) in [6, 6.07) is 25.7. The summed E-state index contributed by atoms with van der Waals surface area (Å²) >= 11 is 1.54. The molecule has 3 aromatic rings. The molecule has 4 N–H and O–H groups in total. The first kappa shape index (κ1) is 35.0. The molecule has 0 aliphatic rings. The van der Waals surface area contributed by atoms with Crippen molar-refractivity contribution >= 4 is 43.8 Å². The number of hydrogen-bond acceptors (Lipinski definition) is 8. The van der Waals surface area contributed by atoms with Gasteiger partial charge in [-0.2, -0.15) is 11.8 Å². The second-order valence-corrected chi connectivity index (χ2v) is 12.3. The van der Waals surface area contributed by atoms with E-state index >= 15 is 0 Å². The van der Waals surface area contributed by atoms with Crippen LogP contribution < -0.4 is 25.4 Å². The number of unbranched alkanes of at least 4 members (excludes halogenated alkanes) is 1. The van der Waals surface area contributed by atoms with E-state index in [1.807, 2.05) is 48.7 Å². The number of hydrogen-bond donors (Lipinski definition) is 3. The van der Waals surface area contributed by atoms with Crippen molar-refractivity contribution in [2.75, 3.05) is 18.6 Å². The predicted octanol–water partition coefficient (Wildman–Crippen LogP) is 6.38. The minimum Gasteiger partial charge on any atom is -0.445 e. The monoisotopic (exact) mass is 635 g/mol. The van der Waals surface area contributed by atoms with Gasteiger partial charge < -0.3 is 30.2 Å². The van der Waals surface area contributed by atoms with Gasteiger partial charge in [-0.25, -0.2) is 9.36 Å². The number of halogens is 1. The fourth-order valence-electron chi connectivity index (χ4n) is 3.87. The quantitative estimate of drug-likeness (QED) is 0.115. The summed E-state index contributed by atoms with van der Waals surface area (Å²) in [4.78, 5) is 26.3. The van der Waals surface area contributed by atoms with E-state index in [1.54, 1.807) is 48.5 Å². The van der Waals surface area contributed by atoms with Crippen molar-refractivity contribution in [3.63, 3.8) is 0 Å². The zero-order valence-electron chi connectivity index (χ0n) is 23.6. The van der Waals surface area contributed by atoms with Crippen molar-refractivity contribution in [3.8, 4) is 11.5 Å². The summed E-state index contributed by atoms with van der Waals surface area (Å²) in [5.41, 5.74) is 6.48. The molecule has 0 aromatic heterocycles. The minimum absolute atomic E-state index is 0. The first-order valence-corrected chi connectivity index (χ1v) is 16.5. The van der Waals surface area contributed by atoms with E-state index < -0.39 is 31.4 Å². The van der Waals surface area contributed by atoms with Crippen LogP contribution in [-0.2, 0) is 20.7 Å². The highest BCUT2D eigenvalue weighted by Crippen LogP contribution is 2.53. The van der Waals surface area contributed by atoms with Crippen LogP contribution in [0.4, 0.5) is 4.79 Å². The molecule has 12 heteroatoms. The third kappa shape index (κ3) is 12.0.